The Morgan fingerprint density at radius 3 is 2.65 bits per heavy atom. The molecule has 0 unspecified atom stereocenters. The van der Waals surface area contributed by atoms with Gasteiger partial charge < -0.3 is 21.3 Å². The molecule has 0 radical (unpaired) electrons. The van der Waals surface area contributed by atoms with E-state index in [2.05, 4.69) is 5.32 Å². The first-order valence-corrected chi connectivity index (χ1v) is 7.18. The zero-order valence-corrected chi connectivity index (χ0v) is 12.0. The highest BCUT2D eigenvalue weighted by Gasteiger charge is 2.29. The average Bonchev–Trinajstić information content (AvgIpc) is 2.88. The first-order valence-electron chi connectivity index (χ1n) is 6.37. The van der Waals surface area contributed by atoms with E-state index in [-0.39, 0.29) is 19.1 Å². The van der Waals surface area contributed by atoms with Gasteiger partial charge in [0, 0.05) is 10.4 Å². The Morgan fingerprint density at radius 2 is 2.05 bits per heavy atom. The molecule has 5 N–H and O–H groups in total. The molecule has 0 aliphatic heterocycles. The maximum Gasteiger partial charge on any atom is 0.261 e. The van der Waals surface area contributed by atoms with E-state index in [0.717, 1.165) is 10.1 Å². The Bertz CT molecular complexity index is 612. The predicted molar refractivity (Wildman–Crippen MR) is 80.9 cm³/mol. The van der Waals surface area contributed by atoms with Crippen LogP contribution in [0.3, 0.4) is 0 Å². The molecule has 1 heterocycles. The summed E-state index contributed by atoms with van der Waals surface area (Å²) in [6.07, 6.45) is 0.448. The fourth-order valence-electron chi connectivity index (χ4n) is 1.92. The third-order valence-corrected chi connectivity index (χ3v) is 4.54. The SMILES string of the molecule is CCC(CO)(CO)NC(=O)c1cc2cc(N)ccc2s1. The number of hydrogen-bond acceptors (Lipinski definition) is 5. The van der Waals surface area contributed by atoms with Crippen molar-refractivity contribution in [1.29, 1.82) is 0 Å². The molecular weight excluding hydrogens is 276 g/mol. The second-order valence-electron chi connectivity index (χ2n) is 4.81. The number of anilines is 1. The Labute approximate surface area is 121 Å². The van der Waals surface area contributed by atoms with Crippen LogP contribution in [0, 0.1) is 0 Å². The lowest BCUT2D eigenvalue weighted by molar-refractivity contribution is 0.0656. The Morgan fingerprint density at radius 1 is 1.35 bits per heavy atom. The number of nitrogen functional groups attached to an aromatic ring is 1. The third-order valence-electron chi connectivity index (χ3n) is 3.42. The normalized spacial score (nSPS) is 11.8. The van der Waals surface area contributed by atoms with Crippen LogP contribution in [0.25, 0.3) is 10.1 Å². The van der Waals surface area contributed by atoms with Crippen molar-refractivity contribution in [2.45, 2.75) is 18.9 Å². The first-order chi connectivity index (χ1) is 9.53. The molecule has 0 aliphatic carbocycles. The van der Waals surface area contributed by atoms with Gasteiger partial charge in [-0.2, -0.15) is 0 Å². The van der Waals surface area contributed by atoms with Crippen molar-refractivity contribution in [2.24, 2.45) is 0 Å². The molecule has 0 bridgehead atoms. The van der Waals surface area contributed by atoms with Crippen LogP contribution >= 0.6 is 11.3 Å². The summed E-state index contributed by atoms with van der Waals surface area (Å²) in [5.74, 6) is -0.297. The van der Waals surface area contributed by atoms with Crippen molar-refractivity contribution in [3.8, 4) is 0 Å². The second-order valence-corrected chi connectivity index (χ2v) is 5.90. The molecule has 1 aromatic carbocycles. The van der Waals surface area contributed by atoms with Gasteiger partial charge in [-0.3, -0.25) is 4.79 Å². The maximum atomic E-state index is 12.2. The van der Waals surface area contributed by atoms with E-state index in [1.165, 1.54) is 11.3 Å². The molecule has 1 aromatic heterocycles. The molecule has 5 nitrogen and oxygen atoms in total. The molecule has 0 saturated carbocycles. The van der Waals surface area contributed by atoms with Crippen LogP contribution in [0.5, 0.6) is 0 Å². The lowest BCUT2D eigenvalue weighted by Gasteiger charge is -2.29. The summed E-state index contributed by atoms with van der Waals surface area (Å²) in [4.78, 5) is 12.8. The average molecular weight is 294 g/mol. The monoisotopic (exact) mass is 294 g/mol. The quantitative estimate of drug-likeness (QED) is 0.626. The topological polar surface area (TPSA) is 95.6 Å². The molecule has 0 fully saturated rings. The lowest BCUT2D eigenvalue weighted by Crippen LogP contribution is -2.53. The first kappa shape index (κ1) is 14.8. The molecule has 108 valence electrons. The number of rotatable bonds is 5. The van der Waals surface area contributed by atoms with E-state index in [1.807, 2.05) is 12.1 Å². The summed E-state index contributed by atoms with van der Waals surface area (Å²) in [6.45, 7) is 1.20. The molecular formula is C14H18N2O3S. The Kier molecular flexibility index (Phi) is 4.27. The van der Waals surface area contributed by atoms with Gasteiger partial charge in [0.1, 0.15) is 0 Å². The molecule has 0 aliphatic rings. The molecule has 0 spiro atoms. The van der Waals surface area contributed by atoms with Gasteiger partial charge in [0.2, 0.25) is 0 Å². The van der Waals surface area contributed by atoms with Crippen molar-refractivity contribution >= 4 is 33.0 Å². The number of fused-ring (bicyclic) bond motifs is 1. The van der Waals surface area contributed by atoms with Crippen LogP contribution in [0.4, 0.5) is 5.69 Å². The van der Waals surface area contributed by atoms with Crippen LogP contribution < -0.4 is 11.1 Å². The zero-order chi connectivity index (χ0) is 14.8. The van der Waals surface area contributed by atoms with E-state index in [4.69, 9.17) is 5.73 Å². The Balaban J connectivity index is 2.27. The number of carbonyl (C=O) groups excluding carboxylic acids is 1. The highest BCUT2D eigenvalue weighted by atomic mass is 32.1. The van der Waals surface area contributed by atoms with Gasteiger partial charge in [-0.25, -0.2) is 0 Å². The smallest absolute Gasteiger partial charge is 0.261 e. The second kappa shape index (κ2) is 5.78. The van der Waals surface area contributed by atoms with E-state index in [1.54, 1.807) is 19.1 Å². The molecule has 2 aromatic rings. The van der Waals surface area contributed by atoms with Gasteiger partial charge in [0.15, 0.2) is 0 Å². The number of nitrogens with two attached hydrogens (primary N) is 1. The number of carbonyl (C=O) groups is 1. The van der Waals surface area contributed by atoms with E-state index < -0.39 is 5.54 Å². The number of amides is 1. The lowest BCUT2D eigenvalue weighted by atomic mass is 9.98. The molecule has 0 saturated heterocycles. The number of aliphatic hydroxyl groups excluding tert-OH is 2. The van der Waals surface area contributed by atoms with Crippen LogP contribution in [0.2, 0.25) is 0 Å². The minimum Gasteiger partial charge on any atom is -0.399 e. The molecule has 20 heavy (non-hydrogen) atoms. The largest absolute Gasteiger partial charge is 0.399 e. The summed E-state index contributed by atoms with van der Waals surface area (Å²) < 4.78 is 0.972. The van der Waals surface area contributed by atoms with Crippen molar-refractivity contribution < 1.29 is 15.0 Å². The van der Waals surface area contributed by atoms with Crippen LogP contribution in [-0.4, -0.2) is 34.9 Å². The third kappa shape index (κ3) is 2.77. The van der Waals surface area contributed by atoms with Crippen LogP contribution in [-0.2, 0) is 0 Å². The number of hydrogen-bond donors (Lipinski definition) is 4. The van der Waals surface area contributed by atoms with Gasteiger partial charge in [0.05, 0.1) is 23.6 Å². The fraction of sp³-hybridized carbons (Fsp3) is 0.357. The molecule has 0 atom stereocenters. The highest BCUT2D eigenvalue weighted by Crippen LogP contribution is 2.27. The van der Waals surface area contributed by atoms with Crippen molar-refractivity contribution in [1.82, 2.24) is 5.32 Å². The predicted octanol–water partition coefficient (Wildman–Crippen LogP) is 1.35. The standard InChI is InChI=1S/C14H18N2O3S/c1-2-14(7-17,8-18)16-13(19)12-6-9-5-10(15)3-4-11(9)20-12/h3-6,17-18H,2,7-8,15H2,1H3,(H,16,19). The van der Waals surface area contributed by atoms with E-state index >= 15 is 0 Å². The summed E-state index contributed by atoms with van der Waals surface area (Å²) in [7, 11) is 0. The summed E-state index contributed by atoms with van der Waals surface area (Å²) in [6, 6.07) is 7.24. The Hall–Kier alpha value is -1.63. The van der Waals surface area contributed by atoms with E-state index in [9.17, 15) is 15.0 Å². The number of thiophene rings is 1. The zero-order valence-electron chi connectivity index (χ0n) is 11.2. The van der Waals surface area contributed by atoms with Gasteiger partial charge in [-0.05, 0) is 36.1 Å². The fourth-order valence-corrected chi connectivity index (χ4v) is 2.86. The van der Waals surface area contributed by atoms with Crippen LogP contribution in [0.15, 0.2) is 24.3 Å². The number of aliphatic hydroxyl groups is 2. The minimum atomic E-state index is -0.980. The minimum absolute atomic E-state index is 0.297. The van der Waals surface area contributed by atoms with Crippen molar-refractivity contribution in [3.63, 3.8) is 0 Å². The number of benzene rings is 1. The highest BCUT2D eigenvalue weighted by molar-refractivity contribution is 7.20. The molecule has 1 amide bonds. The van der Waals surface area contributed by atoms with Crippen molar-refractivity contribution in [2.75, 3.05) is 18.9 Å². The van der Waals surface area contributed by atoms with E-state index in [0.29, 0.717) is 17.0 Å². The molecule has 6 heteroatoms. The number of nitrogens with one attached hydrogen (secondary N) is 1. The molecule has 2 rings (SSSR count). The summed E-state index contributed by atoms with van der Waals surface area (Å²) >= 11 is 1.36. The summed E-state index contributed by atoms with van der Waals surface area (Å²) in [5, 5.41) is 22.3. The summed E-state index contributed by atoms with van der Waals surface area (Å²) in [5.41, 5.74) is 5.38. The van der Waals surface area contributed by atoms with Gasteiger partial charge in [0.25, 0.3) is 5.91 Å². The van der Waals surface area contributed by atoms with Gasteiger partial charge in [-0.15, -0.1) is 11.3 Å². The van der Waals surface area contributed by atoms with Gasteiger partial charge in [-0.1, -0.05) is 6.92 Å². The van der Waals surface area contributed by atoms with Crippen LogP contribution in [0.1, 0.15) is 23.0 Å². The van der Waals surface area contributed by atoms with Crippen molar-refractivity contribution in [3.05, 3.63) is 29.1 Å². The maximum absolute atomic E-state index is 12.2. The van der Waals surface area contributed by atoms with Gasteiger partial charge >= 0.3 is 0 Å².